The molecule has 0 radical (unpaired) electrons. The molecule has 2 aromatic heterocycles. The molecule has 1 aromatic carbocycles. The lowest BCUT2D eigenvalue weighted by molar-refractivity contribution is -0.140. The lowest BCUT2D eigenvalue weighted by Crippen LogP contribution is -2.46. The van der Waals surface area contributed by atoms with Gasteiger partial charge in [0.25, 0.3) is 5.56 Å². The van der Waals surface area contributed by atoms with Crippen LogP contribution in [0.5, 0.6) is 0 Å². The zero-order chi connectivity index (χ0) is 23.3. The largest absolute Gasteiger partial charge is 0.406 e. The van der Waals surface area contributed by atoms with Crippen LogP contribution in [0.2, 0.25) is 0 Å². The van der Waals surface area contributed by atoms with Crippen LogP contribution in [0, 0.1) is 0 Å². The molecule has 2 aliphatic heterocycles. The van der Waals surface area contributed by atoms with Crippen molar-refractivity contribution in [3.63, 3.8) is 0 Å². The smallest absolute Gasteiger partial charge is 0.372 e. The van der Waals surface area contributed by atoms with E-state index in [0.29, 0.717) is 35.3 Å². The van der Waals surface area contributed by atoms with Crippen molar-refractivity contribution in [3.8, 4) is 11.1 Å². The van der Waals surface area contributed by atoms with Crippen LogP contribution in [-0.2, 0) is 17.8 Å². The average molecular weight is 459 g/mol. The van der Waals surface area contributed by atoms with Crippen LogP contribution in [0.3, 0.4) is 0 Å². The lowest BCUT2D eigenvalue weighted by Gasteiger charge is -2.37. The lowest BCUT2D eigenvalue weighted by atomic mass is 10.0. The highest BCUT2D eigenvalue weighted by atomic mass is 19.4. The highest BCUT2D eigenvalue weighted by Gasteiger charge is 2.32. The van der Waals surface area contributed by atoms with E-state index in [0.717, 1.165) is 15.9 Å². The minimum atomic E-state index is -4.53. The van der Waals surface area contributed by atoms with Gasteiger partial charge >= 0.3 is 6.18 Å². The van der Waals surface area contributed by atoms with Gasteiger partial charge in [0.1, 0.15) is 12.4 Å². The molecule has 7 nitrogen and oxygen atoms in total. The van der Waals surface area contributed by atoms with Crippen LogP contribution in [-0.4, -0.2) is 41.0 Å². The third kappa shape index (κ3) is 4.04. The summed E-state index contributed by atoms with van der Waals surface area (Å²) in [5.74, 6) is 0.740. The van der Waals surface area contributed by atoms with Gasteiger partial charge in [-0.25, -0.2) is 10.4 Å². The Morgan fingerprint density at radius 3 is 2.67 bits per heavy atom. The van der Waals surface area contributed by atoms with Crippen LogP contribution in [0.1, 0.15) is 19.4 Å². The van der Waals surface area contributed by atoms with Crippen LogP contribution in [0.15, 0.2) is 41.3 Å². The summed E-state index contributed by atoms with van der Waals surface area (Å²) >= 11 is 0. The third-order valence-electron chi connectivity index (χ3n) is 6.00. The fourth-order valence-electron chi connectivity index (χ4n) is 4.76. The number of hydrazine groups is 1. The van der Waals surface area contributed by atoms with E-state index in [9.17, 15) is 18.0 Å². The molecular weight excluding hydrogens is 435 g/mol. The second-order valence-corrected chi connectivity index (χ2v) is 8.61. The molecule has 3 aromatic rings. The highest BCUT2D eigenvalue weighted by molar-refractivity contribution is 5.97. The van der Waals surface area contributed by atoms with Gasteiger partial charge in [0.15, 0.2) is 0 Å². The van der Waals surface area contributed by atoms with Gasteiger partial charge in [-0.15, -0.1) is 0 Å². The molecule has 0 aliphatic carbocycles. The van der Waals surface area contributed by atoms with Gasteiger partial charge in [0, 0.05) is 36.8 Å². The Morgan fingerprint density at radius 2 is 1.94 bits per heavy atom. The van der Waals surface area contributed by atoms with Gasteiger partial charge < -0.3 is 15.1 Å². The highest BCUT2D eigenvalue weighted by Crippen LogP contribution is 2.35. The molecule has 0 bridgehead atoms. The maximum absolute atomic E-state index is 13.4. The normalized spacial score (nSPS) is 20.7. The van der Waals surface area contributed by atoms with Gasteiger partial charge in [0.05, 0.1) is 29.0 Å². The molecule has 0 amide bonds. The van der Waals surface area contributed by atoms with E-state index in [1.165, 1.54) is 0 Å². The van der Waals surface area contributed by atoms with E-state index in [2.05, 4.69) is 20.7 Å². The van der Waals surface area contributed by atoms with Crippen LogP contribution in [0.25, 0.3) is 22.0 Å². The molecule has 4 heterocycles. The number of rotatable bonds is 3. The molecule has 0 spiro atoms. The number of halogens is 3. The van der Waals surface area contributed by atoms with Crippen molar-refractivity contribution < 1.29 is 17.9 Å². The molecule has 2 aliphatic rings. The Kier molecular flexibility index (Phi) is 5.29. The number of nitrogens with one attached hydrogen (secondary N) is 2. The number of morpholine rings is 1. The van der Waals surface area contributed by atoms with Crippen molar-refractivity contribution >= 4 is 22.4 Å². The molecule has 1 saturated heterocycles. The number of hydrogen-bond donors (Lipinski definition) is 2. The second kappa shape index (κ2) is 8.03. The summed E-state index contributed by atoms with van der Waals surface area (Å²) in [6, 6.07) is 8.97. The first-order valence-electron chi connectivity index (χ1n) is 10.8. The zero-order valence-corrected chi connectivity index (χ0v) is 18.2. The molecule has 174 valence electrons. The number of nitrogens with zero attached hydrogens (tertiary/aromatic N) is 3. The maximum Gasteiger partial charge on any atom is 0.406 e. The van der Waals surface area contributed by atoms with Gasteiger partial charge in [-0.3, -0.25) is 9.36 Å². The fourth-order valence-corrected chi connectivity index (χ4v) is 4.76. The van der Waals surface area contributed by atoms with Crippen molar-refractivity contribution in [1.29, 1.82) is 0 Å². The van der Waals surface area contributed by atoms with E-state index in [1.807, 2.05) is 26.0 Å². The fraction of sp³-hybridized carbons (Fsp3) is 0.391. The Morgan fingerprint density at radius 1 is 1.18 bits per heavy atom. The number of pyridine rings is 2. The standard InChI is InChI=1S/C23H24F3N5O2/c1-13-10-30(11-14(2)33-13)21-16(4-3-7-27-21)15-5-6-17-19(8-15)31(12-23(24,25)26)22(32)18-9-28-29-20(17)18/h3-8,13-14,28-29H,9-12H2,1-2H3. The van der Waals surface area contributed by atoms with E-state index < -0.39 is 18.3 Å². The SMILES string of the molecule is CC1CN(c2ncccc2-c2ccc3c4c(c(=O)n(CC(F)(F)F)c3c2)CNN4)CC(C)O1. The van der Waals surface area contributed by atoms with Crippen molar-refractivity contribution in [3.05, 3.63) is 52.4 Å². The van der Waals surface area contributed by atoms with Crippen molar-refractivity contribution in [2.24, 2.45) is 0 Å². The van der Waals surface area contributed by atoms with Crippen molar-refractivity contribution in [2.45, 2.75) is 45.3 Å². The predicted octanol–water partition coefficient (Wildman–Crippen LogP) is 3.67. The van der Waals surface area contributed by atoms with Crippen molar-refractivity contribution in [1.82, 2.24) is 15.0 Å². The van der Waals surface area contributed by atoms with Gasteiger partial charge in [0.2, 0.25) is 0 Å². The van der Waals surface area contributed by atoms with E-state index in [4.69, 9.17) is 4.74 Å². The molecule has 2 atom stereocenters. The van der Waals surface area contributed by atoms with Gasteiger partial charge in [-0.2, -0.15) is 13.2 Å². The average Bonchev–Trinajstić information content (AvgIpc) is 3.25. The summed E-state index contributed by atoms with van der Waals surface area (Å²) in [5, 5.41) is 0.557. The molecule has 0 saturated carbocycles. The first-order chi connectivity index (χ1) is 15.7. The molecule has 2 N–H and O–H groups in total. The monoisotopic (exact) mass is 459 g/mol. The first kappa shape index (κ1) is 21.7. The molecule has 33 heavy (non-hydrogen) atoms. The predicted molar refractivity (Wildman–Crippen MR) is 120 cm³/mol. The molecule has 1 fully saturated rings. The van der Waals surface area contributed by atoms with Gasteiger partial charge in [-0.05, 0) is 37.6 Å². The topological polar surface area (TPSA) is 71.4 Å². The van der Waals surface area contributed by atoms with Crippen LogP contribution >= 0.6 is 0 Å². The Hall–Kier alpha value is -3.11. The van der Waals surface area contributed by atoms with Crippen LogP contribution in [0.4, 0.5) is 24.7 Å². The molecule has 2 unspecified atom stereocenters. The van der Waals surface area contributed by atoms with Gasteiger partial charge in [-0.1, -0.05) is 12.1 Å². The van der Waals surface area contributed by atoms with Crippen molar-refractivity contribution in [2.75, 3.05) is 23.4 Å². The summed E-state index contributed by atoms with van der Waals surface area (Å²) in [7, 11) is 0. The number of alkyl halides is 3. The molecular formula is C23H24F3N5O2. The zero-order valence-electron chi connectivity index (χ0n) is 18.2. The summed E-state index contributed by atoms with van der Waals surface area (Å²) in [6.45, 7) is 4.13. The molecule has 10 heteroatoms. The minimum Gasteiger partial charge on any atom is -0.372 e. The summed E-state index contributed by atoms with van der Waals surface area (Å²) < 4.78 is 46.8. The Balaban J connectivity index is 1.68. The number of aromatic nitrogens is 2. The number of hydrogen-bond acceptors (Lipinski definition) is 6. The quantitative estimate of drug-likeness (QED) is 0.623. The molecule has 5 rings (SSSR count). The maximum atomic E-state index is 13.4. The van der Waals surface area contributed by atoms with E-state index >= 15 is 0 Å². The Bertz CT molecular complexity index is 1260. The number of benzene rings is 1. The number of ether oxygens (including phenoxy) is 1. The second-order valence-electron chi connectivity index (χ2n) is 8.61. The van der Waals surface area contributed by atoms with E-state index in [1.54, 1.807) is 24.4 Å². The number of anilines is 2. The first-order valence-corrected chi connectivity index (χ1v) is 10.8. The summed E-state index contributed by atoms with van der Waals surface area (Å²) in [6.07, 6.45) is -2.77. The minimum absolute atomic E-state index is 0.0262. The third-order valence-corrected chi connectivity index (χ3v) is 6.00. The summed E-state index contributed by atoms with van der Waals surface area (Å²) in [5.41, 5.74) is 7.67. The van der Waals surface area contributed by atoms with Crippen LogP contribution < -0.4 is 21.3 Å². The van der Waals surface area contributed by atoms with E-state index in [-0.39, 0.29) is 24.3 Å². The number of fused-ring (bicyclic) bond motifs is 3. The Labute approximate surface area is 188 Å². The summed E-state index contributed by atoms with van der Waals surface area (Å²) in [4.78, 5) is 19.7.